The fraction of sp³-hybridized carbons (Fsp3) is 0.370. The molecule has 1 fully saturated rings. The number of hydrogen-bond donors (Lipinski definition) is 4. The number of β-lactam (4-membered cyclic amide) rings is 1. The van der Waals surface area contributed by atoms with Crippen molar-refractivity contribution in [1.82, 2.24) is 20.8 Å². The van der Waals surface area contributed by atoms with Crippen molar-refractivity contribution in [3.05, 3.63) is 107 Å². The molecule has 2 aromatic carbocycles. The van der Waals surface area contributed by atoms with Crippen molar-refractivity contribution in [2.75, 3.05) is 11.9 Å². The maximum absolute atomic E-state index is 14.0. The maximum Gasteiger partial charge on any atom is 0.413 e. The molecule has 0 aliphatic carbocycles. The summed E-state index contributed by atoms with van der Waals surface area (Å²) in [6.45, 7) is 13.3. The summed E-state index contributed by atoms with van der Waals surface area (Å²) in [5, 5.41) is 28.4. The lowest BCUT2D eigenvalue weighted by atomic mass is 9.84. The van der Waals surface area contributed by atoms with Crippen LogP contribution >= 0.6 is 11.3 Å². The Labute approximate surface area is 384 Å². The highest BCUT2D eigenvalue weighted by Gasteiger charge is 2.42. The van der Waals surface area contributed by atoms with E-state index in [2.05, 4.69) is 31.2 Å². The van der Waals surface area contributed by atoms with Crippen LogP contribution < -0.4 is 30.2 Å². The molecule has 0 bridgehead atoms. The van der Waals surface area contributed by atoms with E-state index in [1.807, 2.05) is 60.7 Å². The van der Waals surface area contributed by atoms with Gasteiger partial charge in [-0.1, -0.05) is 71.0 Å². The van der Waals surface area contributed by atoms with Crippen LogP contribution in [-0.4, -0.2) is 80.1 Å². The maximum atomic E-state index is 14.0. The first-order valence-corrected chi connectivity index (χ1v) is 21.7. The Morgan fingerprint density at radius 1 is 0.864 bits per heavy atom. The molecule has 1 aliphatic rings. The van der Waals surface area contributed by atoms with Gasteiger partial charge in [0, 0.05) is 29.1 Å². The summed E-state index contributed by atoms with van der Waals surface area (Å²) in [4.78, 5) is 75.5. The number of rotatable bonds is 18. The number of Topliss-reactive ketones (excluding diaryl/α,β-unsaturated/α-hetero) is 1. The third-order valence-electron chi connectivity index (χ3n) is 9.38. The largest absolute Gasteiger partial charge is 0.484 e. The summed E-state index contributed by atoms with van der Waals surface area (Å²) in [7, 11) is 0. The minimum Gasteiger partial charge on any atom is -0.484 e. The summed E-state index contributed by atoms with van der Waals surface area (Å²) in [6.07, 6.45) is 0.153. The quantitative estimate of drug-likeness (QED) is 0.0192. The molecular formula is C46H52N7O12S+. The van der Waals surface area contributed by atoms with E-state index in [0.717, 1.165) is 27.2 Å². The molecule has 0 spiro atoms. The van der Waals surface area contributed by atoms with E-state index in [-0.39, 0.29) is 64.9 Å². The van der Waals surface area contributed by atoms with Crippen molar-refractivity contribution in [1.29, 1.82) is 0 Å². The molecule has 0 radical (unpaired) electrons. The lowest BCUT2D eigenvalue weighted by Crippen LogP contribution is -2.62. The molecule has 3 amide bonds. The van der Waals surface area contributed by atoms with Gasteiger partial charge in [0.05, 0.1) is 18.0 Å². The first kappa shape index (κ1) is 48.1. The number of carbonyl (C=O) groups is 5. The summed E-state index contributed by atoms with van der Waals surface area (Å²) in [5.41, 5.74) is -1.86. The molecule has 5 aromatic rings. The zero-order valence-corrected chi connectivity index (χ0v) is 38.5. The van der Waals surface area contributed by atoms with Crippen LogP contribution in [0.3, 0.4) is 0 Å². The molecule has 19 nitrogen and oxygen atoms in total. The molecule has 4 heterocycles. The summed E-state index contributed by atoms with van der Waals surface area (Å²) in [6, 6.07) is 21.1. The Balaban J connectivity index is 1.14. The van der Waals surface area contributed by atoms with Gasteiger partial charge in [-0.3, -0.25) is 24.9 Å². The molecular weight excluding hydrogens is 875 g/mol. The third-order valence-corrected chi connectivity index (χ3v) is 10.1. The summed E-state index contributed by atoms with van der Waals surface area (Å²) < 4.78 is 29.2. The highest BCUT2D eigenvalue weighted by Crippen LogP contribution is 2.32. The number of anilines is 1. The Morgan fingerprint density at radius 2 is 1.48 bits per heavy atom. The number of ether oxygens (including phenoxy) is 4. The van der Waals surface area contributed by atoms with E-state index in [1.165, 1.54) is 37.6 Å². The number of esters is 1. The highest BCUT2D eigenvalue weighted by atomic mass is 32.1. The Morgan fingerprint density at radius 3 is 2.09 bits per heavy atom. The number of aromatic nitrogens is 3. The molecule has 66 heavy (non-hydrogen) atoms. The van der Waals surface area contributed by atoms with Crippen LogP contribution in [0.15, 0.2) is 94.1 Å². The van der Waals surface area contributed by atoms with Crippen molar-refractivity contribution in [2.24, 2.45) is 11.1 Å². The average Bonchev–Trinajstić information content (AvgIpc) is 3.93. The third kappa shape index (κ3) is 13.1. The number of nitrogens with one attached hydrogen (secondary N) is 3. The molecule has 2 atom stereocenters. The van der Waals surface area contributed by atoms with Gasteiger partial charge in [0.1, 0.15) is 30.1 Å². The second-order valence-electron chi connectivity index (χ2n) is 17.6. The summed E-state index contributed by atoms with van der Waals surface area (Å²) >= 11 is 0.980. The molecule has 1 saturated heterocycles. The summed E-state index contributed by atoms with van der Waals surface area (Å²) in [5.74, 6) is -2.91. The van der Waals surface area contributed by atoms with Gasteiger partial charge < -0.3 is 38.9 Å². The van der Waals surface area contributed by atoms with Gasteiger partial charge in [-0.2, -0.15) is 0 Å². The Bertz CT molecular complexity index is 2580. The van der Waals surface area contributed by atoms with Crippen LogP contribution in [-0.2, 0) is 41.9 Å². The van der Waals surface area contributed by atoms with Crippen LogP contribution in [0.5, 0.6) is 11.5 Å². The first-order valence-electron chi connectivity index (χ1n) is 20.8. The van der Waals surface area contributed by atoms with Crippen molar-refractivity contribution in [3.63, 3.8) is 0 Å². The number of benzene rings is 2. The lowest BCUT2D eigenvalue weighted by Gasteiger charge is -2.36. The van der Waals surface area contributed by atoms with Gasteiger partial charge in [-0.15, -0.1) is 11.3 Å². The van der Waals surface area contributed by atoms with E-state index in [0.29, 0.717) is 0 Å². The van der Waals surface area contributed by atoms with E-state index in [9.17, 15) is 29.2 Å². The monoisotopic (exact) mass is 926 g/mol. The van der Waals surface area contributed by atoms with E-state index >= 15 is 0 Å². The second kappa shape index (κ2) is 20.2. The van der Waals surface area contributed by atoms with Crippen molar-refractivity contribution in [3.8, 4) is 23.0 Å². The normalized spacial score (nSPS) is 15.2. The zero-order chi connectivity index (χ0) is 47.8. The number of amides is 3. The molecule has 20 heteroatoms. The van der Waals surface area contributed by atoms with E-state index in [4.69, 9.17) is 28.3 Å². The number of ketones is 1. The number of oxime groups is 1. The van der Waals surface area contributed by atoms with Gasteiger partial charge in [0.15, 0.2) is 28.1 Å². The van der Waals surface area contributed by atoms with Gasteiger partial charge in [-0.25, -0.2) is 14.6 Å². The van der Waals surface area contributed by atoms with Crippen LogP contribution in [0.2, 0.25) is 0 Å². The van der Waals surface area contributed by atoms with E-state index in [1.54, 1.807) is 41.5 Å². The first-order chi connectivity index (χ1) is 31.1. The van der Waals surface area contributed by atoms with Crippen molar-refractivity contribution >= 4 is 51.8 Å². The van der Waals surface area contributed by atoms with Gasteiger partial charge >= 0.3 is 17.8 Å². The van der Waals surface area contributed by atoms with E-state index < -0.39 is 64.8 Å². The van der Waals surface area contributed by atoms with Crippen LogP contribution in [0.25, 0.3) is 11.5 Å². The number of nitrogens with zero attached hydrogens (tertiary/aromatic N) is 4. The SMILES string of the molecule is CC(C)(C)OC(=O)Nc1nc(/C(=N/OC(C)(C)C(=O)OC(C)(C)C)C(=O)C[C@@H]2C(=O)N[C@@H]2CNC(=O)c2cc(-c3cc(OCc4ccccc4)c(OCc4ccccc4)c[n+]3O)on2)cs1. The molecule has 6 rings (SSSR count). The van der Waals surface area contributed by atoms with Crippen molar-refractivity contribution in [2.45, 2.75) is 97.9 Å². The lowest BCUT2D eigenvalue weighted by molar-refractivity contribution is -0.896. The molecule has 4 N–H and O–H groups in total. The predicted molar refractivity (Wildman–Crippen MR) is 238 cm³/mol. The standard InChI is InChI=1S/C46H51N7O12S/c1-44(2,3)62-41(57)46(7,8)65-52-38(32-26-66-42(49-32)50-43(58)63-45(4,5)6)34(54)19-29-31(48-39(29)55)22-47-40(56)30-20-35(64-51-30)33-21-36(60-24-27-15-11-9-12-16-27)37(23-53(33)59)61-25-28-17-13-10-14-18-28/h9-18,20-21,23,26,29,31H,19,22,24-25H2,1-8H3,(H3-,47,48,49,50,51,55,56,58,59)/p+1/b52-38-/t29-,31+/m0/s1. The molecule has 1 aliphatic heterocycles. The predicted octanol–water partition coefficient (Wildman–Crippen LogP) is 6.17. The van der Waals surface area contributed by atoms with Crippen LogP contribution in [0.1, 0.15) is 89.1 Å². The Kier molecular flexibility index (Phi) is 14.7. The number of hydrogen-bond acceptors (Lipinski definition) is 16. The van der Waals surface area contributed by atoms with Gasteiger partial charge in [-0.05, 0) is 66.5 Å². The highest BCUT2D eigenvalue weighted by molar-refractivity contribution is 7.14. The van der Waals surface area contributed by atoms with Gasteiger partial charge in [0.25, 0.3) is 12.1 Å². The van der Waals surface area contributed by atoms with Crippen molar-refractivity contribution < 1.29 is 62.2 Å². The average molecular weight is 927 g/mol. The Hall–Kier alpha value is -7.35. The molecule has 0 saturated carbocycles. The molecule has 348 valence electrons. The van der Waals surface area contributed by atoms with Crippen LogP contribution in [0.4, 0.5) is 9.93 Å². The fourth-order valence-electron chi connectivity index (χ4n) is 6.05. The second-order valence-corrected chi connectivity index (χ2v) is 18.5. The smallest absolute Gasteiger partial charge is 0.413 e. The fourth-order valence-corrected chi connectivity index (χ4v) is 6.73. The minimum atomic E-state index is -1.65. The van der Waals surface area contributed by atoms with Crippen LogP contribution in [0, 0.1) is 5.92 Å². The topological polar surface area (TPSA) is 243 Å². The molecule has 3 aromatic heterocycles. The minimum absolute atomic E-state index is 0.00380. The number of pyridine rings is 1. The zero-order valence-electron chi connectivity index (χ0n) is 37.7. The molecule has 0 unspecified atom stereocenters. The number of thiazole rings is 1. The van der Waals surface area contributed by atoms with Gasteiger partial charge in [0.2, 0.25) is 23.0 Å². The number of carbonyl (C=O) groups excluding carboxylic acids is 5.